The first-order valence-corrected chi connectivity index (χ1v) is 4.21. The molecule has 0 aromatic rings. The van der Waals surface area contributed by atoms with Gasteiger partial charge in [0.1, 0.15) is 0 Å². The summed E-state index contributed by atoms with van der Waals surface area (Å²) in [5.74, 6) is 0.835. The van der Waals surface area contributed by atoms with Crippen molar-refractivity contribution in [3.05, 3.63) is 12.7 Å². The van der Waals surface area contributed by atoms with Crippen LogP contribution in [-0.2, 0) is 0 Å². The van der Waals surface area contributed by atoms with Gasteiger partial charge in [-0.05, 0) is 34.2 Å². The Labute approximate surface area is 68.1 Å². The van der Waals surface area contributed by atoms with E-state index >= 15 is 0 Å². The zero-order valence-electron chi connectivity index (χ0n) is 4.03. The molecule has 0 fully saturated rings. The lowest BCUT2D eigenvalue weighted by Gasteiger charge is -1.70. The summed E-state index contributed by atoms with van der Waals surface area (Å²) in [5, 5.41) is 0. The van der Waals surface area contributed by atoms with Crippen molar-refractivity contribution in [3.63, 3.8) is 0 Å². The summed E-state index contributed by atoms with van der Waals surface area (Å²) in [6.45, 7) is 3.45. The molecule has 0 radical (unpaired) electrons. The van der Waals surface area contributed by atoms with Crippen LogP contribution in [0.25, 0.3) is 0 Å². The second-order valence-corrected chi connectivity index (χ2v) is 2.41. The van der Waals surface area contributed by atoms with Crippen molar-refractivity contribution in [2.75, 3.05) is 5.75 Å². The molecular formula is C3H6Cl3NS. The molecule has 0 saturated heterocycles. The first-order chi connectivity index (χ1) is 3.83. The van der Waals surface area contributed by atoms with Crippen LogP contribution < -0.4 is 4.35 Å². The van der Waals surface area contributed by atoms with E-state index in [0.29, 0.717) is 0 Å². The minimum Gasteiger partial charge on any atom is -0.145 e. The van der Waals surface area contributed by atoms with Crippen molar-refractivity contribution in [2.45, 2.75) is 0 Å². The summed E-state index contributed by atoms with van der Waals surface area (Å²) in [4.78, 5) is 0. The monoisotopic (exact) mass is 193 g/mol. The van der Waals surface area contributed by atoms with Crippen molar-refractivity contribution < 1.29 is 0 Å². The Balaban J connectivity index is 0. The molecule has 0 spiro atoms. The summed E-state index contributed by atoms with van der Waals surface area (Å²) in [6, 6.07) is 0. The molecule has 0 amide bonds. The topological polar surface area (TPSA) is 12.0 Å². The van der Waals surface area contributed by atoms with Crippen LogP contribution in [0.15, 0.2) is 12.7 Å². The zero-order chi connectivity index (χ0) is 6.83. The molecule has 1 N–H and O–H groups in total. The summed E-state index contributed by atoms with van der Waals surface area (Å²) >= 11 is 9.03. The SMILES string of the molecule is C=CCSCl.ClNCl. The largest absolute Gasteiger partial charge is 0.145 e. The number of rotatable bonds is 2. The van der Waals surface area contributed by atoms with Crippen molar-refractivity contribution in [1.82, 2.24) is 4.35 Å². The molecule has 0 saturated carbocycles. The fraction of sp³-hybridized carbons (Fsp3) is 0.333. The standard InChI is InChI=1S/C3H5ClS.Cl2HN/c1-2-3-5-4;1-3-2/h2H,1,3H2;3H. The highest BCUT2D eigenvalue weighted by Gasteiger charge is 1.64. The van der Waals surface area contributed by atoms with E-state index in [1.165, 1.54) is 11.0 Å². The quantitative estimate of drug-likeness (QED) is 0.536. The maximum Gasteiger partial charge on any atom is 0.0263 e. The molecule has 50 valence electrons. The van der Waals surface area contributed by atoms with Crippen LogP contribution in [0.1, 0.15) is 0 Å². The van der Waals surface area contributed by atoms with Crippen LogP contribution in [0.3, 0.4) is 0 Å². The van der Waals surface area contributed by atoms with E-state index < -0.39 is 0 Å². The van der Waals surface area contributed by atoms with Crippen molar-refractivity contribution >= 4 is 45.2 Å². The van der Waals surface area contributed by atoms with Gasteiger partial charge in [0.15, 0.2) is 0 Å². The average Bonchev–Trinajstić information content (AvgIpc) is 1.71. The van der Waals surface area contributed by atoms with Crippen molar-refractivity contribution in [1.29, 1.82) is 0 Å². The first-order valence-electron chi connectivity index (χ1n) is 1.64. The molecule has 0 aliphatic rings. The highest BCUT2D eigenvalue weighted by Crippen LogP contribution is 2.02. The van der Waals surface area contributed by atoms with Crippen LogP contribution in [0.4, 0.5) is 0 Å². The van der Waals surface area contributed by atoms with Gasteiger partial charge < -0.3 is 0 Å². The second-order valence-electron chi connectivity index (χ2n) is 0.636. The fourth-order valence-corrected chi connectivity index (χ4v) is 0.401. The van der Waals surface area contributed by atoms with Gasteiger partial charge in [-0.25, -0.2) is 0 Å². The van der Waals surface area contributed by atoms with E-state index in [-0.39, 0.29) is 0 Å². The van der Waals surface area contributed by atoms with Gasteiger partial charge in [-0.2, -0.15) is 0 Å². The molecule has 1 nitrogen and oxygen atoms in total. The normalized spacial score (nSPS) is 6.88. The molecule has 0 unspecified atom stereocenters. The Hall–Kier alpha value is 0.920. The van der Waals surface area contributed by atoms with E-state index in [9.17, 15) is 0 Å². The van der Waals surface area contributed by atoms with E-state index in [1.807, 2.05) is 0 Å². The smallest absolute Gasteiger partial charge is 0.0263 e. The maximum atomic E-state index is 5.15. The lowest BCUT2D eigenvalue weighted by Crippen LogP contribution is -1.59. The van der Waals surface area contributed by atoms with Gasteiger partial charge in [-0.1, -0.05) is 17.1 Å². The van der Waals surface area contributed by atoms with E-state index in [1.54, 1.807) is 10.4 Å². The minimum absolute atomic E-state index is 0.835. The van der Waals surface area contributed by atoms with E-state index in [0.717, 1.165) is 5.75 Å². The first kappa shape index (κ1) is 11.7. The van der Waals surface area contributed by atoms with Gasteiger partial charge in [0.2, 0.25) is 0 Å². The third kappa shape index (κ3) is 28.4. The summed E-state index contributed by atoms with van der Waals surface area (Å²) in [7, 11) is 6.40. The number of hydrogen-bond acceptors (Lipinski definition) is 2. The Morgan fingerprint density at radius 1 is 1.62 bits per heavy atom. The van der Waals surface area contributed by atoms with Gasteiger partial charge in [-0.15, -0.1) is 10.9 Å². The Bertz CT molecular complexity index is 43.5. The summed E-state index contributed by atoms with van der Waals surface area (Å²) < 4.78 is 1.69. The van der Waals surface area contributed by atoms with E-state index in [2.05, 4.69) is 30.1 Å². The molecule has 0 atom stereocenters. The molecule has 0 aliphatic heterocycles. The number of nitrogens with one attached hydrogen (secondary N) is 1. The lowest BCUT2D eigenvalue weighted by molar-refractivity contribution is 1.69. The van der Waals surface area contributed by atoms with Gasteiger partial charge in [0.05, 0.1) is 0 Å². The van der Waals surface area contributed by atoms with Crippen LogP contribution in [0, 0.1) is 0 Å². The van der Waals surface area contributed by atoms with E-state index in [4.69, 9.17) is 10.7 Å². The van der Waals surface area contributed by atoms with Gasteiger partial charge >= 0.3 is 0 Å². The molecule has 0 heterocycles. The summed E-state index contributed by atoms with van der Waals surface area (Å²) in [6.07, 6.45) is 1.76. The molecule has 0 rings (SSSR count). The van der Waals surface area contributed by atoms with Crippen LogP contribution in [-0.4, -0.2) is 5.75 Å². The highest BCUT2D eigenvalue weighted by molar-refractivity contribution is 8.21. The molecule has 0 aromatic heterocycles. The Morgan fingerprint density at radius 3 is 2.00 bits per heavy atom. The van der Waals surface area contributed by atoms with Crippen LogP contribution in [0.5, 0.6) is 0 Å². The number of hydrogen-bond donors (Lipinski definition) is 1. The molecule has 0 aromatic carbocycles. The van der Waals surface area contributed by atoms with Gasteiger partial charge in [0.25, 0.3) is 0 Å². The molecule has 8 heavy (non-hydrogen) atoms. The lowest BCUT2D eigenvalue weighted by atomic mass is 10.8. The predicted molar refractivity (Wildman–Crippen MR) is 43.3 cm³/mol. The van der Waals surface area contributed by atoms with Crippen LogP contribution in [0.2, 0.25) is 0 Å². The summed E-state index contributed by atoms with van der Waals surface area (Å²) in [5.41, 5.74) is 0. The third-order valence-electron chi connectivity index (χ3n) is 0.181. The fourth-order valence-electron chi connectivity index (χ4n) is 0.0445. The molecule has 5 heteroatoms. The predicted octanol–water partition coefficient (Wildman–Crippen LogP) is 2.94. The average molecular weight is 195 g/mol. The zero-order valence-corrected chi connectivity index (χ0v) is 7.12. The van der Waals surface area contributed by atoms with Crippen LogP contribution >= 0.6 is 45.2 Å². The Morgan fingerprint density at radius 2 is 2.00 bits per heavy atom. The Kier molecular flexibility index (Phi) is 22.9. The van der Waals surface area contributed by atoms with Gasteiger partial charge in [0, 0.05) is 5.75 Å². The molecule has 0 aliphatic carbocycles. The molecular weight excluding hydrogens is 188 g/mol. The molecule has 0 bridgehead atoms. The maximum absolute atomic E-state index is 5.15. The van der Waals surface area contributed by atoms with Gasteiger partial charge in [-0.3, -0.25) is 0 Å². The third-order valence-corrected chi connectivity index (χ3v) is 0.921. The second kappa shape index (κ2) is 15.7. The van der Waals surface area contributed by atoms with Crippen molar-refractivity contribution in [2.24, 2.45) is 0 Å². The number of halogens is 3. The van der Waals surface area contributed by atoms with Crippen molar-refractivity contribution in [3.8, 4) is 0 Å². The minimum atomic E-state index is 0.835. The highest BCUT2D eigenvalue weighted by atomic mass is 35.7.